The van der Waals surface area contributed by atoms with Gasteiger partial charge in [0.1, 0.15) is 6.54 Å². The minimum Gasteiger partial charge on any atom is -0.446 e. The number of ether oxygens (including phenoxy) is 2. The number of hydrogen-bond acceptors (Lipinski definition) is 6. The Balaban J connectivity index is 1.64. The van der Waals surface area contributed by atoms with E-state index in [-0.39, 0.29) is 18.4 Å². The Morgan fingerprint density at radius 3 is 2.52 bits per heavy atom. The summed E-state index contributed by atoms with van der Waals surface area (Å²) in [5, 5.41) is 4.29. The fourth-order valence-corrected chi connectivity index (χ4v) is 3.30. The van der Waals surface area contributed by atoms with E-state index in [4.69, 9.17) is 9.47 Å². The van der Waals surface area contributed by atoms with Crippen molar-refractivity contribution in [3.8, 4) is 0 Å². The summed E-state index contributed by atoms with van der Waals surface area (Å²) in [5.74, 6) is -1.31. The van der Waals surface area contributed by atoms with Crippen LogP contribution in [0, 0.1) is 0 Å². The lowest BCUT2D eigenvalue weighted by Crippen LogP contribution is -2.44. The van der Waals surface area contributed by atoms with Gasteiger partial charge < -0.3 is 19.7 Å². The quantitative estimate of drug-likeness (QED) is 0.760. The Morgan fingerprint density at radius 1 is 1.11 bits per heavy atom. The van der Waals surface area contributed by atoms with Crippen LogP contribution < -0.4 is 5.32 Å². The Labute approximate surface area is 160 Å². The summed E-state index contributed by atoms with van der Waals surface area (Å²) in [4.78, 5) is 39.2. The summed E-state index contributed by atoms with van der Waals surface area (Å²) in [5.41, 5.74) is 0.590. The zero-order valence-electron chi connectivity index (χ0n) is 14.6. The van der Waals surface area contributed by atoms with Crippen molar-refractivity contribution in [3.63, 3.8) is 0 Å². The van der Waals surface area contributed by atoms with Gasteiger partial charge in [0.15, 0.2) is 0 Å². The number of amides is 2. The molecule has 8 heteroatoms. The molecule has 0 unspecified atom stereocenters. The number of nitrogens with zero attached hydrogens (tertiary/aromatic N) is 1. The van der Waals surface area contributed by atoms with Crippen LogP contribution in [0.1, 0.15) is 21.3 Å². The predicted octanol–water partition coefficient (Wildman–Crippen LogP) is 1.62. The highest BCUT2D eigenvalue weighted by Gasteiger charge is 2.30. The van der Waals surface area contributed by atoms with E-state index in [1.807, 2.05) is 6.07 Å². The zero-order valence-corrected chi connectivity index (χ0v) is 15.4. The minimum atomic E-state index is -1.05. The highest BCUT2D eigenvalue weighted by molar-refractivity contribution is 7.12. The molecule has 0 radical (unpaired) electrons. The first kappa shape index (κ1) is 19.1. The molecule has 142 valence electrons. The summed E-state index contributed by atoms with van der Waals surface area (Å²) in [6.45, 7) is 1.51. The molecule has 1 aliphatic rings. The lowest BCUT2D eigenvalue weighted by atomic mass is 10.1. The molecule has 1 aromatic heterocycles. The molecule has 0 bridgehead atoms. The van der Waals surface area contributed by atoms with Crippen LogP contribution in [0.25, 0.3) is 0 Å². The molecular weight excluding hydrogens is 368 g/mol. The number of carbonyl (C=O) groups is 3. The number of nitrogens with one attached hydrogen (secondary N) is 1. The largest absolute Gasteiger partial charge is 0.446 e. The molecule has 27 heavy (non-hydrogen) atoms. The SMILES string of the molecule is O=C(CNC(=O)c1cccs1)O[C@@H](C(=O)N1CCOCC1)c1ccccc1. The molecule has 1 aromatic carbocycles. The van der Waals surface area contributed by atoms with E-state index in [2.05, 4.69) is 5.32 Å². The Bertz CT molecular complexity index is 773. The van der Waals surface area contributed by atoms with Crippen molar-refractivity contribution in [2.75, 3.05) is 32.8 Å². The third-order valence-electron chi connectivity index (χ3n) is 4.04. The van der Waals surface area contributed by atoms with Crippen molar-refractivity contribution in [1.29, 1.82) is 0 Å². The molecule has 0 saturated carbocycles. The molecule has 3 rings (SSSR count). The first-order valence-electron chi connectivity index (χ1n) is 8.58. The molecule has 0 aliphatic carbocycles. The molecule has 1 atom stereocenters. The average molecular weight is 388 g/mol. The first-order chi connectivity index (χ1) is 13.1. The van der Waals surface area contributed by atoms with Crippen LogP contribution in [0.3, 0.4) is 0 Å². The van der Waals surface area contributed by atoms with Gasteiger partial charge in [0.05, 0.1) is 18.1 Å². The van der Waals surface area contributed by atoms with E-state index in [0.717, 1.165) is 0 Å². The normalized spacial score (nSPS) is 15.0. The minimum absolute atomic E-state index is 0.289. The molecule has 1 saturated heterocycles. The number of carbonyl (C=O) groups excluding carboxylic acids is 3. The summed E-state index contributed by atoms with van der Waals surface area (Å²) < 4.78 is 10.7. The standard InChI is InChI=1S/C19H20N2O5S/c22-16(13-20-18(23)15-7-4-12-27-15)26-17(14-5-2-1-3-6-14)19(24)21-8-10-25-11-9-21/h1-7,12,17H,8-11,13H2,(H,20,23)/t17-/m1/s1. The molecule has 2 aromatic rings. The molecule has 1 fully saturated rings. The van der Waals surface area contributed by atoms with E-state index < -0.39 is 12.1 Å². The Kier molecular flexibility index (Phi) is 6.56. The summed E-state index contributed by atoms with van der Waals surface area (Å²) in [7, 11) is 0. The van der Waals surface area contributed by atoms with E-state index in [9.17, 15) is 14.4 Å². The van der Waals surface area contributed by atoms with Crippen molar-refractivity contribution in [2.45, 2.75) is 6.10 Å². The number of thiophene rings is 1. The van der Waals surface area contributed by atoms with Gasteiger partial charge in [0.2, 0.25) is 6.10 Å². The molecule has 7 nitrogen and oxygen atoms in total. The van der Waals surface area contributed by atoms with Gasteiger partial charge in [-0.3, -0.25) is 14.4 Å². The van der Waals surface area contributed by atoms with Gasteiger partial charge in [-0.2, -0.15) is 0 Å². The van der Waals surface area contributed by atoms with Crippen LogP contribution in [0.15, 0.2) is 47.8 Å². The third-order valence-corrected chi connectivity index (χ3v) is 4.91. The van der Waals surface area contributed by atoms with Crippen molar-refractivity contribution >= 4 is 29.1 Å². The molecule has 1 N–H and O–H groups in total. The monoisotopic (exact) mass is 388 g/mol. The van der Waals surface area contributed by atoms with Crippen molar-refractivity contribution in [3.05, 3.63) is 58.3 Å². The summed E-state index contributed by atoms with van der Waals surface area (Å²) >= 11 is 1.28. The Morgan fingerprint density at radius 2 is 1.85 bits per heavy atom. The maximum Gasteiger partial charge on any atom is 0.326 e. The van der Waals surface area contributed by atoms with Crippen molar-refractivity contribution in [2.24, 2.45) is 0 Å². The van der Waals surface area contributed by atoms with E-state index in [0.29, 0.717) is 36.7 Å². The van der Waals surface area contributed by atoms with Gasteiger partial charge in [-0.15, -0.1) is 11.3 Å². The van der Waals surface area contributed by atoms with Crippen molar-refractivity contribution in [1.82, 2.24) is 10.2 Å². The lowest BCUT2D eigenvalue weighted by Gasteiger charge is -2.30. The van der Waals surface area contributed by atoms with Gasteiger partial charge in [0.25, 0.3) is 11.8 Å². The van der Waals surface area contributed by atoms with Crippen LogP contribution in [0.2, 0.25) is 0 Å². The summed E-state index contributed by atoms with van der Waals surface area (Å²) in [6.07, 6.45) is -1.05. The Hall–Kier alpha value is -2.71. The fourth-order valence-electron chi connectivity index (χ4n) is 2.66. The molecule has 2 heterocycles. The molecule has 2 amide bonds. The topological polar surface area (TPSA) is 84.9 Å². The molecule has 0 spiro atoms. The number of hydrogen-bond donors (Lipinski definition) is 1. The van der Waals surface area contributed by atoms with Gasteiger partial charge >= 0.3 is 5.97 Å². The highest BCUT2D eigenvalue weighted by Crippen LogP contribution is 2.21. The second-order valence-electron chi connectivity index (χ2n) is 5.88. The predicted molar refractivity (Wildman–Crippen MR) is 99.3 cm³/mol. The molecule has 1 aliphatic heterocycles. The van der Waals surface area contributed by atoms with Crippen LogP contribution in [0.4, 0.5) is 0 Å². The maximum atomic E-state index is 12.9. The van der Waals surface area contributed by atoms with E-state index in [1.54, 1.807) is 46.7 Å². The van der Waals surface area contributed by atoms with Gasteiger partial charge in [-0.25, -0.2) is 0 Å². The number of benzene rings is 1. The maximum absolute atomic E-state index is 12.9. The second kappa shape index (κ2) is 9.29. The summed E-state index contributed by atoms with van der Waals surface area (Å²) in [6, 6.07) is 12.3. The van der Waals surface area contributed by atoms with Crippen LogP contribution in [0.5, 0.6) is 0 Å². The van der Waals surface area contributed by atoms with Gasteiger partial charge in [-0.1, -0.05) is 36.4 Å². The van der Waals surface area contributed by atoms with Gasteiger partial charge in [-0.05, 0) is 11.4 Å². The second-order valence-corrected chi connectivity index (χ2v) is 6.83. The number of rotatable bonds is 6. The van der Waals surface area contributed by atoms with E-state index >= 15 is 0 Å². The number of esters is 1. The van der Waals surface area contributed by atoms with Crippen LogP contribution >= 0.6 is 11.3 Å². The number of morpholine rings is 1. The lowest BCUT2D eigenvalue weighted by molar-refractivity contribution is -0.162. The third kappa shape index (κ3) is 5.15. The highest BCUT2D eigenvalue weighted by atomic mass is 32.1. The van der Waals surface area contributed by atoms with Crippen LogP contribution in [-0.4, -0.2) is 55.5 Å². The molecular formula is C19H20N2O5S. The average Bonchev–Trinajstić information content (AvgIpc) is 3.26. The van der Waals surface area contributed by atoms with E-state index in [1.165, 1.54) is 11.3 Å². The van der Waals surface area contributed by atoms with Crippen molar-refractivity contribution < 1.29 is 23.9 Å². The fraction of sp³-hybridized carbons (Fsp3) is 0.316. The van der Waals surface area contributed by atoms with Crippen LogP contribution in [-0.2, 0) is 19.1 Å². The van der Waals surface area contributed by atoms with Gasteiger partial charge in [0, 0.05) is 18.7 Å². The first-order valence-corrected chi connectivity index (χ1v) is 9.46. The smallest absolute Gasteiger partial charge is 0.326 e. The zero-order chi connectivity index (χ0) is 19.1.